The number of aromatic nitrogens is 1. The first kappa shape index (κ1) is 14.3. The minimum atomic E-state index is -0.187. The molecule has 0 aliphatic carbocycles. The number of nitrogens with zero attached hydrogens (tertiary/aromatic N) is 1. The zero-order chi connectivity index (χ0) is 15.0. The van der Waals surface area contributed by atoms with Crippen LogP contribution in [0.15, 0.2) is 36.4 Å². The number of hydrogen-bond donors (Lipinski definition) is 1. The van der Waals surface area contributed by atoms with Gasteiger partial charge in [-0.1, -0.05) is 41.1 Å². The van der Waals surface area contributed by atoms with Gasteiger partial charge >= 0.3 is 0 Å². The second kappa shape index (κ2) is 5.62. The number of rotatable bonds is 3. The van der Waals surface area contributed by atoms with Gasteiger partial charge in [0.25, 0.3) is 0 Å². The number of anilines is 1. The Bertz CT molecular complexity index is 800. The number of benzene rings is 2. The monoisotopic (exact) mass is 320 g/mol. The van der Waals surface area contributed by atoms with Crippen LogP contribution in [-0.2, 0) is 0 Å². The zero-order valence-electron chi connectivity index (χ0n) is 11.7. The second-order valence-electron chi connectivity index (χ2n) is 4.98. The Morgan fingerprint density at radius 2 is 2.10 bits per heavy atom. The van der Waals surface area contributed by atoms with E-state index < -0.39 is 0 Å². The SMILES string of the molecule is Cc1ccc(C(C)Nc2nc3cccc(Cl)c3s2)cc1F. The third-order valence-electron chi connectivity index (χ3n) is 3.40. The molecule has 0 saturated heterocycles. The van der Waals surface area contributed by atoms with Crippen LogP contribution in [0.3, 0.4) is 0 Å². The van der Waals surface area contributed by atoms with Crippen LogP contribution in [0.2, 0.25) is 5.02 Å². The van der Waals surface area contributed by atoms with Crippen molar-refractivity contribution in [1.29, 1.82) is 0 Å². The molecule has 1 atom stereocenters. The van der Waals surface area contributed by atoms with Crippen molar-refractivity contribution in [3.8, 4) is 0 Å². The lowest BCUT2D eigenvalue weighted by atomic mass is 10.1. The van der Waals surface area contributed by atoms with Gasteiger partial charge in [0.15, 0.2) is 5.13 Å². The molecule has 0 radical (unpaired) electrons. The van der Waals surface area contributed by atoms with E-state index in [4.69, 9.17) is 11.6 Å². The van der Waals surface area contributed by atoms with E-state index in [0.717, 1.165) is 20.9 Å². The summed E-state index contributed by atoms with van der Waals surface area (Å²) in [7, 11) is 0. The van der Waals surface area contributed by atoms with Crippen molar-refractivity contribution in [2.45, 2.75) is 19.9 Å². The Balaban J connectivity index is 1.87. The molecule has 2 aromatic carbocycles. The minimum absolute atomic E-state index is 0.0283. The highest BCUT2D eigenvalue weighted by molar-refractivity contribution is 7.22. The van der Waals surface area contributed by atoms with Gasteiger partial charge in [0, 0.05) is 0 Å². The fraction of sp³-hybridized carbons (Fsp3) is 0.188. The summed E-state index contributed by atoms with van der Waals surface area (Å²) < 4.78 is 14.6. The summed E-state index contributed by atoms with van der Waals surface area (Å²) in [6, 6.07) is 10.9. The number of fused-ring (bicyclic) bond motifs is 1. The predicted molar refractivity (Wildman–Crippen MR) is 87.8 cm³/mol. The van der Waals surface area contributed by atoms with Crippen LogP contribution in [0.5, 0.6) is 0 Å². The summed E-state index contributed by atoms with van der Waals surface area (Å²) in [5, 5.41) is 4.79. The Labute approximate surface area is 131 Å². The molecule has 0 spiro atoms. The number of thiazole rings is 1. The van der Waals surface area contributed by atoms with Crippen LogP contribution in [0, 0.1) is 12.7 Å². The van der Waals surface area contributed by atoms with Crippen LogP contribution in [0.25, 0.3) is 10.2 Å². The molecule has 108 valence electrons. The summed E-state index contributed by atoms with van der Waals surface area (Å²) in [6.45, 7) is 3.74. The molecule has 1 heterocycles. The van der Waals surface area contributed by atoms with Crippen molar-refractivity contribution in [1.82, 2.24) is 4.98 Å². The van der Waals surface area contributed by atoms with Gasteiger partial charge < -0.3 is 5.32 Å². The molecule has 5 heteroatoms. The van der Waals surface area contributed by atoms with Crippen LogP contribution >= 0.6 is 22.9 Å². The molecule has 0 aliphatic heterocycles. The maximum absolute atomic E-state index is 13.6. The summed E-state index contributed by atoms with van der Waals surface area (Å²) in [5.41, 5.74) is 2.42. The van der Waals surface area contributed by atoms with Crippen LogP contribution in [0.1, 0.15) is 24.1 Å². The van der Waals surface area contributed by atoms with Crippen molar-refractivity contribution in [3.63, 3.8) is 0 Å². The molecule has 0 amide bonds. The lowest BCUT2D eigenvalue weighted by molar-refractivity contribution is 0.614. The smallest absolute Gasteiger partial charge is 0.184 e. The van der Waals surface area contributed by atoms with Crippen molar-refractivity contribution in [2.24, 2.45) is 0 Å². The molecule has 0 saturated carbocycles. The van der Waals surface area contributed by atoms with E-state index in [0.29, 0.717) is 10.6 Å². The molecule has 21 heavy (non-hydrogen) atoms. The quantitative estimate of drug-likeness (QED) is 0.682. The summed E-state index contributed by atoms with van der Waals surface area (Å²) in [6.07, 6.45) is 0. The maximum Gasteiger partial charge on any atom is 0.184 e. The highest BCUT2D eigenvalue weighted by Gasteiger charge is 2.11. The normalized spacial score (nSPS) is 12.6. The molecule has 1 unspecified atom stereocenters. The molecule has 3 rings (SSSR count). The number of halogens is 2. The number of hydrogen-bond acceptors (Lipinski definition) is 3. The minimum Gasteiger partial charge on any atom is -0.355 e. The molecule has 0 aliphatic rings. The largest absolute Gasteiger partial charge is 0.355 e. The van der Waals surface area contributed by atoms with Crippen LogP contribution < -0.4 is 5.32 Å². The van der Waals surface area contributed by atoms with E-state index in [2.05, 4.69) is 10.3 Å². The second-order valence-corrected chi connectivity index (χ2v) is 6.39. The average Bonchev–Trinajstić information content (AvgIpc) is 2.86. The molecule has 0 fully saturated rings. The molecule has 1 aromatic heterocycles. The van der Waals surface area contributed by atoms with E-state index >= 15 is 0 Å². The topological polar surface area (TPSA) is 24.9 Å². The fourth-order valence-electron chi connectivity index (χ4n) is 2.12. The van der Waals surface area contributed by atoms with Gasteiger partial charge in [-0.05, 0) is 43.2 Å². The molecule has 1 N–H and O–H groups in total. The first-order valence-corrected chi connectivity index (χ1v) is 7.81. The third kappa shape index (κ3) is 2.87. The molecule has 0 bridgehead atoms. The summed E-state index contributed by atoms with van der Waals surface area (Å²) >= 11 is 7.66. The third-order valence-corrected chi connectivity index (χ3v) is 4.87. The van der Waals surface area contributed by atoms with Crippen molar-refractivity contribution < 1.29 is 4.39 Å². The number of nitrogens with one attached hydrogen (secondary N) is 1. The fourth-order valence-corrected chi connectivity index (χ4v) is 3.37. The van der Waals surface area contributed by atoms with Crippen LogP contribution in [-0.4, -0.2) is 4.98 Å². The maximum atomic E-state index is 13.6. The standard InChI is InChI=1S/C16H14ClFN2S/c1-9-6-7-11(8-13(9)18)10(2)19-16-20-14-5-3-4-12(17)15(14)21-16/h3-8,10H,1-2H3,(H,19,20). The first-order chi connectivity index (χ1) is 10.0. The Kier molecular flexibility index (Phi) is 3.83. The van der Waals surface area contributed by atoms with Crippen LogP contribution in [0.4, 0.5) is 9.52 Å². The lowest BCUT2D eigenvalue weighted by Crippen LogP contribution is -2.06. The van der Waals surface area contributed by atoms with Gasteiger partial charge in [-0.3, -0.25) is 0 Å². The highest BCUT2D eigenvalue weighted by atomic mass is 35.5. The van der Waals surface area contributed by atoms with Gasteiger partial charge in [0.2, 0.25) is 0 Å². The predicted octanol–water partition coefficient (Wildman–Crippen LogP) is 5.57. The van der Waals surface area contributed by atoms with Gasteiger partial charge in [-0.15, -0.1) is 0 Å². The van der Waals surface area contributed by atoms with E-state index in [-0.39, 0.29) is 11.9 Å². The molecular formula is C16H14ClFN2S. The summed E-state index contributed by atoms with van der Waals surface area (Å²) in [5.74, 6) is -0.187. The van der Waals surface area contributed by atoms with Gasteiger partial charge in [-0.25, -0.2) is 9.37 Å². The molecule has 3 aromatic rings. The van der Waals surface area contributed by atoms with E-state index in [9.17, 15) is 4.39 Å². The van der Waals surface area contributed by atoms with E-state index in [1.807, 2.05) is 31.2 Å². The average molecular weight is 321 g/mol. The van der Waals surface area contributed by atoms with Gasteiger partial charge in [-0.2, -0.15) is 0 Å². The number of aryl methyl sites for hydroxylation is 1. The zero-order valence-corrected chi connectivity index (χ0v) is 13.2. The Morgan fingerprint density at radius 3 is 2.81 bits per heavy atom. The van der Waals surface area contributed by atoms with Gasteiger partial charge in [0.05, 0.1) is 21.3 Å². The van der Waals surface area contributed by atoms with Crippen molar-refractivity contribution in [3.05, 3.63) is 58.4 Å². The van der Waals surface area contributed by atoms with Crippen molar-refractivity contribution >= 4 is 38.3 Å². The molecular weight excluding hydrogens is 307 g/mol. The first-order valence-electron chi connectivity index (χ1n) is 6.62. The van der Waals surface area contributed by atoms with Gasteiger partial charge in [0.1, 0.15) is 5.82 Å². The highest BCUT2D eigenvalue weighted by Crippen LogP contribution is 2.33. The Morgan fingerprint density at radius 1 is 1.29 bits per heavy atom. The molecule has 2 nitrogen and oxygen atoms in total. The summed E-state index contributed by atoms with van der Waals surface area (Å²) in [4.78, 5) is 4.51. The van der Waals surface area contributed by atoms with Crippen molar-refractivity contribution in [2.75, 3.05) is 5.32 Å². The lowest BCUT2D eigenvalue weighted by Gasteiger charge is -2.13. The van der Waals surface area contributed by atoms with E-state index in [1.165, 1.54) is 11.3 Å². The Hall–Kier alpha value is -1.65. The van der Waals surface area contributed by atoms with E-state index in [1.54, 1.807) is 19.1 Å².